The van der Waals surface area contributed by atoms with Gasteiger partial charge in [0.25, 0.3) is 0 Å². The van der Waals surface area contributed by atoms with Gasteiger partial charge >= 0.3 is 0 Å². The Hall–Kier alpha value is -7.84. The lowest BCUT2D eigenvalue weighted by Crippen LogP contribution is -2.30. The van der Waals surface area contributed by atoms with E-state index < -0.39 is 51.8 Å². The van der Waals surface area contributed by atoms with Gasteiger partial charge in [0.1, 0.15) is 23.3 Å². The number of carbonyl (C=O) groups excluding carboxylic acids is 4. The number of hydrogen-bond acceptors (Lipinski definition) is 4. The summed E-state index contributed by atoms with van der Waals surface area (Å²) in [6.07, 6.45) is 0. The molecule has 61 heavy (non-hydrogen) atoms. The van der Waals surface area contributed by atoms with E-state index in [1.54, 1.807) is 24.3 Å². The lowest BCUT2D eigenvalue weighted by Gasteiger charge is -2.35. The SMILES string of the molecule is O=C(c1cccc(F)c1)c1cc(C(=O)c2cccc(F)c2)cc(C2(c3cc(C(=O)c4cccc(F)c4)cc(C(=O)c4cccc(F)c4)c3)c3ccccc3-c3ccccc32)c1. The highest BCUT2D eigenvalue weighted by molar-refractivity contribution is 6.15. The van der Waals surface area contributed by atoms with Crippen molar-refractivity contribution in [2.24, 2.45) is 0 Å². The second-order valence-corrected chi connectivity index (χ2v) is 14.8. The average molecular weight is 807 g/mol. The molecule has 0 aliphatic heterocycles. The van der Waals surface area contributed by atoms with Gasteiger partial charge in [-0.15, -0.1) is 0 Å². The van der Waals surface area contributed by atoms with Crippen LogP contribution in [0.2, 0.25) is 0 Å². The summed E-state index contributed by atoms with van der Waals surface area (Å²) in [5.41, 5.74) is 2.15. The fourth-order valence-corrected chi connectivity index (χ4v) is 8.42. The van der Waals surface area contributed by atoms with Crippen LogP contribution < -0.4 is 0 Å². The molecular formula is C53H30F4O4. The molecule has 294 valence electrons. The van der Waals surface area contributed by atoms with Crippen molar-refractivity contribution in [3.05, 3.63) is 272 Å². The molecule has 1 aliphatic carbocycles. The quantitative estimate of drug-likeness (QED) is 0.102. The fourth-order valence-electron chi connectivity index (χ4n) is 8.42. The summed E-state index contributed by atoms with van der Waals surface area (Å²) in [5, 5.41) is 0. The van der Waals surface area contributed by atoms with E-state index in [1.165, 1.54) is 84.9 Å². The van der Waals surface area contributed by atoms with Crippen LogP contribution in [0.3, 0.4) is 0 Å². The molecule has 8 heteroatoms. The van der Waals surface area contributed by atoms with E-state index in [2.05, 4.69) is 0 Å². The zero-order valence-corrected chi connectivity index (χ0v) is 32.0. The van der Waals surface area contributed by atoms with E-state index in [4.69, 9.17) is 0 Å². The molecule has 0 spiro atoms. The van der Waals surface area contributed by atoms with Gasteiger partial charge in [0, 0.05) is 44.5 Å². The van der Waals surface area contributed by atoms with E-state index >= 15 is 0 Å². The molecule has 0 amide bonds. The van der Waals surface area contributed by atoms with E-state index in [1.807, 2.05) is 48.5 Å². The molecule has 0 saturated carbocycles. The summed E-state index contributed by atoms with van der Waals surface area (Å²) >= 11 is 0. The summed E-state index contributed by atoms with van der Waals surface area (Å²) in [6.45, 7) is 0. The minimum Gasteiger partial charge on any atom is -0.289 e. The highest BCUT2D eigenvalue weighted by Crippen LogP contribution is 2.56. The first-order valence-electron chi connectivity index (χ1n) is 19.2. The van der Waals surface area contributed by atoms with Gasteiger partial charge < -0.3 is 0 Å². The predicted molar refractivity (Wildman–Crippen MR) is 223 cm³/mol. The molecule has 0 aromatic heterocycles. The van der Waals surface area contributed by atoms with Gasteiger partial charge in [0.2, 0.25) is 0 Å². The molecule has 9 rings (SSSR count). The molecule has 1 aliphatic rings. The highest BCUT2D eigenvalue weighted by Gasteiger charge is 2.47. The lowest BCUT2D eigenvalue weighted by atomic mass is 9.66. The van der Waals surface area contributed by atoms with Gasteiger partial charge in [-0.05, 0) is 118 Å². The van der Waals surface area contributed by atoms with Crippen LogP contribution in [0.25, 0.3) is 11.1 Å². The molecule has 4 nitrogen and oxygen atoms in total. The molecule has 0 unspecified atom stereocenters. The third-order valence-electron chi connectivity index (χ3n) is 11.1. The Labute approximate surface area is 347 Å². The van der Waals surface area contributed by atoms with Crippen molar-refractivity contribution >= 4 is 23.1 Å². The molecule has 0 saturated heterocycles. The van der Waals surface area contributed by atoms with Crippen molar-refractivity contribution in [2.45, 2.75) is 5.41 Å². The van der Waals surface area contributed by atoms with E-state index in [0.717, 1.165) is 35.4 Å². The van der Waals surface area contributed by atoms with Crippen molar-refractivity contribution in [2.75, 3.05) is 0 Å². The van der Waals surface area contributed by atoms with Crippen molar-refractivity contribution < 1.29 is 36.7 Å². The van der Waals surface area contributed by atoms with Crippen molar-refractivity contribution in [3.63, 3.8) is 0 Å². The van der Waals surface area contributed by atoms with Crippen LogP contribution in [0.15, 0.2) is 182 Å². The monoisotopic (exact) mass is 806 g/mol. The zero-order chi connectivity index (χ0) is 42.4. The molecule has 0 radical (unpaired) electrons. The Morgan fingerprint density at radius 3 is 0.852 bits per heavy atom. The molecular weight excluding hydrogens is 777 g/mol. The van der Waals surface area contributed by atoms with Gasteiger partial charge in [0.05, 0.1) is 5.41 Å². The van der Waals surface area contributed by atoms with Gasteiger partial charge in [-0.3, -0.25) is 19.2 Å². The van der Waals surface area contributed by atoms with Gasteiger partial charge in [0.15, 0.2) is 23.1 Å². The van der Waals surface area contributed by atoms with Crippen molar-refractivity contribution in [3.8, 4) is 11.1 Å². The molecule has 0 N–H and O–H groups in total. The maximum atomic E-state index is 14.6. The predicted octanol–water partition coefficient (Wildman–Crippen LogP) is 11.5. The Balaban J connectivity index is 1.39. The maximum absolute atomic E-state index is 14.6. The molecule has 8 aromatic carbocycles. The van der Waals surface area contributed by atoms with E-state index in [-0.39, 0.29) is 44.5 Å². The van der Waals surface area contributed by atoms with Crippen LogP contribution in [0.4, 0.5) is 17.6 Å². The van der Waals surface area contributed by atoms with E-state index in [9.17, 15) is 36.7 Å². The lowest BCUT2D eigenvalue weighted by molar-refractivity contribution is 0.102. The first-order valence-corrected chi connectivity index (χ1v) is 19.2. The Kier molecular flexibility index (Phi) is 9.76. The van der Waals surface area contributed by atoms with Crippen LogP contribution in [0.1, 0.15) is 85.9 Å². The number of halogens is 4. The molecule has 8 aromatic rings. The smallest absolute Gasteiger partial charge is 0.193 e. The average Bonchev–Trinajstić information content (AvgIpc) is 3.59. The van der Waals surface area contributed by atoms with Crippen LogP contribution in [-0.4, -0.2) is 23.1 Å². The molecule has 0 fully saturated rings. The van der Waals surface area contributed by atoms with Gasteiger partial charge in [-0.25, -0.2) is 17.6 Å². The molecule has 0 heterocycles. The number of rotatable bonds is 10. The standard InChI is InChI=1S/C53H30F4O4/c54-41-13-5-9-31(27-41)49(58)35-21-36(50(59)32-10-6-14-42(55)28-32)24-39(23-35)53(47-19-3-1-17-45(47)46-18-2-4-20-48(46)53)40-25-37(51(60)33-11-7-15-43(56)29-33)22-38(26-40)52(61)34-12-8-16-44(57)30-34/h1-30H. The number of ketones is 4. The van der Waals surface area contributed by atoms with Crippen molar-refractivity contribution in [1.82, 2.24) is 0 Å². The largest absolute Gasteiger partial charge is 0.289 e. The minimum absolute atomic E-state index is 0.00661. The minimum atomic E-state index is -1.49. The third-order valence-corrected chi connectivity index (χ3v) is 11.1. The number of hydrogen-bond donors (Lipinski definition) is 0. The molecule has 0 atom stereocenters. The molecule has 0 bridgehead atoms. The summed E-state index contributed by atoms with van der Waals surface area (Å²) in [7, 11) is 0. The van der Waals surface area contributed by atoms with Crippen LogP contribution >= 0.6 is 0 Å². The van der Waals surface area contributed by atoms with Crippen LogP contribution in [0, 0.1) is 23.3 Å². The summed E-state index contributed by atoms with van der Waals surface area (Å²) in [6, 6.07) is 44.7. The van der Waals surface area contributed by atoms with E-state index in [0.29, 0.717) is 22.3 Å². The fraction of sp³-hybridized carbons (Fsp3) is 0.0189. The second-order valence-electron chi connectivity index (χ2n) is 14.8. The first-order chi connectivity index (χ1) is 29.5. The first kappa shape index (κ1) is 38.7. The zero-order valence-electron chi connectivity index (χ0n) is 32.0. The number of fused-ring (bicyclic) bond motifs is 3. The third kappa shape index (κ3) is 6.88. The summed E-state index contributed by atoms with van der Waals surface area (Å²) in [5.74, 6) is -5.04. The van der Waals surface area contributed by atoms with Crippen LogP contribution in [0.5, 0.6) is 0 Å². The van der Waals surface area contributed by atoms with Gasteiger partial charge in [-0.1, -0.05) is 97.1 Å². The Bertz CT molecular complexity index is 2770. The van der Waals surface area contributed by atoms with Crippen LogP contribution in [-0.2, 0) is 5.41 Å². The second kappa shape index (κ2) is 15.4. The summed E-state index contributed by atoms with van der Waals surface area (Å²) in [4.78, 5) is 57.7. The van der Waals surface area contributed by atoms with Crippen molar-refractivity contribution in [1.29, 1.82) is 0 Å². The maximum Gasteiger partial charge on any atom is 0.193 e. The Morgan fingerprint density at radius 1 is 0.295 bits per heavy atom. The number of carbonyl (C=O) groups is 4. The van der Waals surface area contributed by atoms with Gasteiger partial charge in [-0.2, -0.15) is 0 Å². The highest BCUT2D eigenvalue weighted by atomic mass is 19.1. The normalized spacial score (nSPS) is 12.3. The number of benzene rings is 8. The topological polar surface area (TPSA) is 68.3 Å². The summed E-state index contributed by atoms with van der Waals surface area (Å²) < 4.78 is 58.4. The Morgan fingerprint density at radius 2 is 0.574 bits per heavy atom.